The van der Waals surface area contributed by atoms with Gasteiger partial charge in [-0.25, -0.2) is 14.3 Å². The van der Waals surface area contributed by atoms with E-state index in [1.54, 1.807) is 0 Å². The van der Waals surface area contributed by atoms with Crippen molar-refractivity contribution in [1.29, 1.82) is 0 Å². The quantitative estimate of drug-likeness (QED) is 0.589. The van der Waals surface area contributed by atoms with Crippen LogP contribution in [0.3, 0.4) is 0 Å². The van der Waals surface area contributed by atoms with Crippen molar-refractivity contribution in [3.63, 3.8) is 0 Å². The highest BCUT2D eigenvalue weighted by atomic mass is 32.1. The molecule has 0 unspecified atom stereocenters. The fraction of sp³-hybridized carbons (Fsp3) is 0.500. The molecule has 1 aromatic heterocycles. The Morgan fingerprint density at radius 1 is 1.67 bits per heavy atom. The Labute approximate surface area is 110 Å². The van der Waals surface area contributed by atoms with Crippen LogP contribution in [-0.2, 0) is 16.0 Å². The van der Waals surface area contributed by atoms with Gasteiger partial charge in [-0.2, -0.15) is 5.90 Å². The van der Waals surface area contributed by atoms with Crippen LogP contribution >= 0.6 is 12.2 Å². The lowest BCUT2D eigenvalue weighted by atomic mass is 10.2. The molecule has 0 saturated carbocycles. The van der Waals surface area contributed by atoms with E-state index >= 15 is 0 Å². The largest absolute Gasteiger partial charge is 0.449 e. The first kappa shape index (κ1) is 14.6. The van der Waals surface area contributed by atoms with Gasteiger partial charge in [0.25, 0.3) is 0 Å². The molecular formula is C10H16N4O3S. The van der Waals surface area contributed by atoms with Crippen LogP contribution in [0.5, 0.6) is 0 Å². The van der Waals surface area contributed by atoms with Crippen molar-refractivity contribution in [2.75, 3.05) is 6.61 Å². The molecule has 0 aliphatic heterocycles. The van der Waals surface area contributed by atoms with E-state index in [0.717, 1.165) is 6.42 Å². The van der Waals surface area contributed by atoms with Crippen LogP contribution < -0.4 is 11.6 Å². The van der Waals surface area contributed by atoms with Gasteiger partial charge in [0.15, 0.2) is 0 Å². The van der Waals surface area contributed by atoms with Gasteiger partial charge < -0.3 is 15.3 Å². The van der Waals surface area contributed by atoms with Gasteiger partial charge in [-0.1, -0.05) is 6.92 Å². The molecule has 0 spiro atoms. The first-order chi connectivity index (χ1) is 8.58. The SMILES string of the molecule is CCCOC(=O)n1cnc(C[C@H](N)C(=S)ON)c1. The maximum Gasteiger partial charge on any atom is 0.419 e. The number of thiocarbonyl (C=S) groups is 1. The molecule has 8 heteroatoms. The topological polar surface area (TPSA) is 105 Å². The van der Waals surface area contributed by atoms with Gasteiger partial charge in [0.1, 0.15) is 6.33 Å². The Kier molecular flexibility index (Phi) is 5.69. The highest BCUT2D eigenvalue weighted by Gasteiger charge is 2.14. The minimum absolute atomic E-state index is 0.0955. The third kappa shape index (κ3) is 4.06. The number of imidazole rings is 1. The van der Waals surface area contributed by atoms with E-state index in [2.05, 4.69) is 9.82 Å². The summed E-state index contributed by atoms with van der Waals surface area (Å²) in [4.78, 5) is 19.9. The molecule has 0 aromatic carbocycles. The zero-order valence-corrected chi connectivity index (χ0v) is 10.9. The maximum absolute atomic E-state index is 11.5. The first-order valence-electron chi connectivity index (χ1n) is 5.44. The molecule has 18 heavy (non-hydrogen) atoms. The summed E-state index contributed by atoms with van der Waals surface area (Å²) in [6.07, 6.45) is 3.54. The van der Waals surface area contributed by atoms with Crippen molar-refractivity contribution in [1.82, 2.24) is 9.55 Å². The summed E-state index contributed by atoms with van der Waals surface area (Å²) in [5.74, 6) is 4.91. The van der Waals surface area contributed by atoms with Crippen LogP contribution in [0.2, 0.25) is 0 Å². The van der Waals surface area contributed by atoms with Crippen molar-refractivity contribution < 1.29 is 14.4 Å². The molecule has 7 nitrogen and oxygen atoms in total. The molecule has 0 aliphatic rings. The lowest BCUT2D eigenvalue weighted by Crippen LogP contribution is -2.34. The van der Waals surface area contributed by atoms with Crippen LogP contribution in [0.1, 0.15) is 19.0 Å². The Bertz CT molecular complexity index is 421. The molecule has 0 amide bonds. The van der Waals surface area contributed by atoms with Crippen LogP contribution in [0.15, 0.2) is 12.5 Å². The highest BCUT2D eigenvalue weighted by molar-refractivity contribution is 7.80. The lowest BCUT2D eigenvalue weighted by molar-refractivity contribution is 0.148. The van der Waals surface area contributed by atoms with E-state index in [9.17, 15) is 4.79 Å². The predicted molar refractivity (Wildman–Crippen MR) is 68.8 cm³/mol. The number of hydrogen-bond donors (Lipinski definition) is 2. The van der Waals surface area contributed by atoms with E-state index < -0.39 is 12.1 Å². The second-order valence-corrected chi connectivity index (χ2v) is 4.04. The number of rotatable bonds is 5. The van der Waals surface area contributed by atoms with Gasteiger partial charge in [0.05, 0.1) is 18.3 Å². The van der Waals surface area contributed by atoms with Crippen molar-refractivity contribution in [3.8, 4) is 0 Å². The Morgan fingerprint density at radius 2 is 2.39 bits per heavy atom. The van der Waals surface area contributed by atoms with Gasteiger partial charge in [-0.3, -0.25) is 0 Å². The number of nitrogens with zero attached hydrogens (tertiary/aromatic N) is 2. The van der Waals surface area contributed by atoms with Gasteiger partial charge in [-0.05, 0) is 18.6 Å². The minimum atomic E-state index is -0.542. The Morgan fingerprint density at radius 3 is 3.00 bits per heavy atom. The lowest BCUT2D eigenvalue weighted by Gasteiger charge is -2.08. The molecule has 1 aromatic rings. The number of nitrogens with two attached hydrogens (primary N) is 2. The van der Waals surface area contributed by atoms with Crippen LogP contribution in [0.25, 0.3) is 0 Å². The third-order valence-corrected chi connectivity index (χ3v) is 2.52. The monoisotopic (exact) mass is 272 g/mol. The number of hydrogen-bond acceptors (Lipinski definition) is 7. The molecular weight excluding hydrogens is 256 g/mol. The summed E-state index contributed by atoms with van der Waals surface area (Å²) in [6.45, 7) is 2.29. The van der Waals surface area contributed by atoms with Crippen LogP contribution in [0, 0.1) is 0 Å². The normalized spacial score (nSPS) is 11.9. The molecule has 4 N–H and O–H groups in total. The number of aromatic nitrogens is 2. The zero-order valence-electron chi connectivity index (χ0n) is 10.0. The Hall–Kier alpha value is -1.51. The molecule has 0 aliphatic carbocycles. The second-order valence-electron chi connectivity index (χ2n) is 3.63. The van der Waals surface area contributed by atoms with Crippen molar-refractivity contribution in [2.45, 2.75) is 25.8 Å². The van der Waals surface area contributed by atoms with Crippen molar-refractivity contribution >= 4 is 23.4 Å². The van der Waals surface area contributed by atoms with Gasteiger partial charge >= 0.3 is 6.09 Å². The zero-order chi connectivity index (χ0) is 13.5. The van der Waals surface area contributed by atoms with Crippen molar-refractivity contribution in [3.05, 3.63) is 18.2 Å². The summed E-state index contributed by atoms with van der Waals surface area (Å²) >= 11 is 4.79. The molecule has 0 fully saturated rings. The third-order valence-electron chi connectivity index (χ3n) is 2.12. The minimum Gasteiger partial charge on any atom is -0.449 e. The number of carbonyl (C=O) groups excluding carboxylic acids is 1. The summed E-state index contributed by atoms with van der Waals surface area (Å²) in [5.41, 5.74) is 6.32. The predicted octanol–water partition coefficient (Wildman–Crippen LogP) is 0.365. The Balaban J connectivity index is 2.58. The van der Waals surface area contributed by atoms with E-state index in [1.165, 1.54) is 17.1 Å². The van der Waals surface area contributed by atoms with Crippen LogP contribution in [0.4, 0.5) is 4.79 Å². The summed E-state index contributed by atoms with van der Waals surface area (Å²) in [7, 11) is 0. The molecule has 100 valence electrons. The van der Waals surface area contributed by atoms with Gasteiger partial charge in [0, 0.05) is 12.6 Å². The fourth-order valence-electron chi connectivity index (χ4n) is 1.23. The van der Waals surface area contributed by atoms with E-state index in [4.69, 9.17) is 28.6 Å². The van der Waals surface area contributed by atoms with Crippen LogP contribution in [-0.4, -0.2) is 33.3 Å². The molecule has 0 radical (unpaired) electrons. The first-order valence-corrected chi connectivity index (χ1v) is 5.85. The van der Waals surface area contributed by atoms with Crippen molar-refractivity contribution in [2.24, 2.45) is 11.6 Å². The molecule has 1 heterocycles. The van der Waals surface area contributed by atoms with Gasteiger partial charge in [-0.15, -0.1) is 0 Å². The standard InChI is InChI=1S/C10H16N4O3S/c1-2-3-16-10(15)14-5-7(13-6-14)4-8(11)9(18)17-12/h5-6,8H,2-4,11-12H2,1H3/t8-/m0/s1. The number of ether oxygens (including phenoxy) is 1. The van der Waals surface area contributed by atoms with E-state index in [-0.39, 0.29) is 5.05 Å². The molecule has 1 rings (SSSR count). The van der Waals surface area contributed by atoms with E-state index in [1.807, 2.05) is 6.92 Å². The molecule has 0 saturated heterocycles. The molecule has 1 atom stereocenters. The summed E-state index contributed by atoms with van der Waals surface area (Å²) in [6, 6.07) is -0.542. The average molecular weight is 272 g/mol. The highest BCUT2D eigenvalue weighted by Crippen LogP contribution is 2.02. The average Bonchev–Trinajstić information content (AvgIpc) is 2.83. The van der Waals surface area contributed by atoms with Gasteiger partial charge in [0.2, 0.25) is 5.05 Å². The second kappa shape index (κ2) is 7.04. The summed E-state index contributed by atoms with van der Waals surface area (Å²) < 4.78 is 6.20. The smallest absolute Gasteiger partial charge is 0.419 e. The maximum atomic E-state index is 11.5. The fourth-order valence-corrected chi connectivity index (χ4v) is 1.31. The summed E-state index contributed by atoms with van der Waals surface area (Å²) in [5, 5.41) is 0.0955. The van der Waals surface area contributed by atoms with E-state index in [0.29, 0.717) is 18.7 Å². The number of carbonyl (C=O) groups is 1. The molecule has 0 bridgehead atoms.